The van der Waals surface area contributed by atoms with E-state index in [9.17, 15) is 4.79 Å². The van der Waals surface area contributed by atoms with E-state index in [1.54, 1.807) is 12.1 Å². The number of nitrogens with zero attached hydrogens (tertiary/aromatic N) is 4. The number of carbonyl (C=O) groups is 1. The average Bonchev–Trinajstić information content (AvgIpc) is 2.68. The summed E-state index contributed by atoms with van der Waals surface area (Å²) >= 11 is 12.4. The van der Waals surface area contributed by atoms with Gasteiger partial charge in [-0.2, -0.15) is 0 Å². The smallest absolute Gasteiger partial charge is 0.163 e. The van der Waals surface area contributed by atoms with E-state index in [1.807, 2.05) is 30.3 Å². The number of anilines is 1. The SMILES string of the molecule is O=CCN1CCN(c2nc(-c3ccc(Cl)cc3Cl)nc3ccccc23)CC1. The summed E-state index contributed by atoms with van der Waals surface area (Å²) < 4.78 is 0. The summed E-state index contributed by atoms with van der Waals surface area (Å²) in [4.78, 5) is 24.7. The predicted molar refractivity (Wildman–Crippen MR) is 110 cm³/mol. The van der Waals surface area contributed by atoms with Gasteiger partial charge in [0.15, 0.2) is 5.82 Å². The molecule has 0 radical (unpaired) electrons. The molecule has 0 amide bonds. The van der Waals surface area contributed by atoms with Crippen LogP contribution in [0.5, 0.6) is 0 Å². The maximum atomic E-state index is 10.8. The van der Waals surface area contributed by atoms with Crippen LogP contribution in [0.15, 0.2) is 42.5 Å². The van der Waals surface area contributed by atoms with E-state index in [-0.39, 0.29) is 0 Å². The highest BCUT2D eigenvalue weighted by molar-refractivity contribution is 6.36. The fourth-order valence-electron chi connectivity index (χ4n) is 3.34. The van der Waals surface area contributed by atoms with Crippen LogP contribution in [0.1, 0.15) is 0 Å². The molecule has 27 heavy (non-hydrogen) atoms. The van der Waals surface area contributed by atoms with Crippen LogP contribution in [0, 0.1) is 0 Å². The van der Waals surface area contributed by atoms with E-state index in [2.05, 4.69) is 9.80 Å². The number of benzene rings is 2. The molecule has 0 bridgehead atoms. The summed E-state index contributed by atoms with van der Waals surface area (Å²) in [7, 11) is 0. The van der Waals surface area contributed by atoms with Gasteiger partial charge in [0.1, 0.15) is 12.1 Å². The minimum Gasteiger partial charge on any atom is -0.353 e. The molecular formula is C20H18Cl2N4O. The van der Waals surface area contributed by atoms with Crippen LogP contribution in [-0.4, -0.2) is 53.9 Å². The number of hydrogen-bond donors (Lipinski definition) is 0. The van der Waals surface area contributed by atoms with Crippen molar-refractivity contribution in [3.63, 3.8) is 0 Å². The first-order chi connectivity index (χ1) is 13.2. The van der Waals surface area contributed by atoms with Gasteiger partial charge in [-0.3, -0.25) is 4.90 Å². The zero-order valence-electron chi connectivity index (χ0n) is 14.6. The van der Waals surface area contributed by atoms with Gasteiger partial charge in [0.05, 0.1) is 17.1 Å². The van der Waals surface area contributed by atoms with E-state index in [0.717, 1.165) is 54.7 Å². The van der Waals surface area contributed by atoms with Crippen LogP contribution in [-0.2, 0) is 4.79 Å². The second kappa shape index (κ2) is 7.80. The number of carbonyl (C=O) groups excluding carboxylic acids is 1. The molecule has 0 saturated carbocycles. The number of para-hydroxylation sites is 1. The molecule has 138 valence electrons. The predicted octanol–water partition coefficient (Wildman–Crippen LogP) is 3.92. The van der Waals surface area contributed by atoms with Crippen molar-refractivity contribution in [3.8, 4) is 11.4 Å². The van der Waals surface area contributed by atoms with Crippen molar-refractivity contribution in [2.45, 2.75) is 0 Å². The van der Waals surface area contributed by atoms with Crippen LogP contribution in [0.25, 0.3) is 22.3 Å². The molecule has 2 heterocycles. The number of rotatable bonds is 4. The van der Waals surface area contributed by atoms with Crippen LogP contribution in [0.4, 0.5) is 5.82 Å². The molecule has 1 fully saturated rings. The lowest BCUT2D eigenvalue weighted by molar-refractivity contribution is -0.108. The van der Waals surface area contributed by atoms with Gasteiger partial charge in [0, 0.05) is 42.2 Å². The summed E-state index contributed by atoms with van der Waals surface area (Å²) in [6.07, 6.45) is 0.955. The summed E-state index contributed by atoms with van der Waals surface area (Å²) in [5.41, 5.74) is 1.63. The van der Waals surface area contributed by atoms with Crippen molar-refractivity contribution < 1.29 is 4.79 Å². The van der Waals surface area contributed by atoms with E-state index in [0.29, 0.717) is 22.4 Å². The quantitative estimate of drug-likeness (QED) is 0.621. The molecule has 4 rings (SSSR count). The largest absolute Gasteiger partial charge is 0.353 e. The zero-order chi connectivity index (χ0) is 18.8. The Balaban J connectivity index is 1.77. The van der Waals surface area contributed by atoms with Crippen molar-refractivity contribution in [2.75, 3.05) is 37.6 Å². The molecule has 2 aromatic carbocycles. The van der Waals surface area contributed by atoms with E-state index >= 15 is 0 Å². The molecular weight excluding hydrogens is 383 g/mol. The molecule has 0 unspecified atom stereocenters. The number of aromatic nitrogens is 2. The van der Waals surface area contributed by atoms with Gasteiger partial charge in [-0.1, -0.05) is 35.3 Å². The zero-order valence-corrected chi connectivity index (χ0v) is 16.1. The first-order valence-electron chi connectivity index (χ1n) is 8.79. The third-order valence-corrected chi connectivity index (χ3v) is 5.31. The van der Waals surface area contributed by atoms with Gasteiger partial charge in [-0.05, 0) is 30.3 Å². The Morgan fingerprint density at radius 1 is 1.00 bits per heavy atom. The van der Waals surface area contributed by atoms with E-state index < -0.39 is 0 Å². The Bertz CT molecular complexity index is 987. The molecule has 0 N–H and O–H groups in total. The maximum absolute atomic E-state index is 10.8. The van der Waals surface area contributed by atoms with Gasteiger partial charge >= 0.3 is 0 Å². The molecule has 3 aromatic rings. The molecule has 7 heteroatoms. The standard InChI is InChI=1S/C20H18Cl2N4O/c21-14-5-6-15(17(22)13-14)19-23-18-4-2-1-3-16(18)20(24-19)26-9-7-25(8-10-26)11-12-27/h1-6,12-13H,7-11H2. The normalized spacial score (nSPS) is 15.3. The van der Waals surface area contributed by atoms with Crippen molar-refractivity contribution in [3.05, 3.63) is 52.5 Å². The minimum absolute atomic E-state index is 0.476. The van der Waals surface area contributed by atoms with Crippen LogP contribution >= 0.6 is 23.2 Å². The lowest BCUT2D eigenvalue weighted by Gasteiger charge is -2.35. The number of hydrogen-bond acceptors (Lipinski definition) is 5. The Labute approximate surface area is 167 Å². The highest BCUT2D eigenvalue weighted by Crippen LogP contribution is 2.32. The summed E-state index contributed by atoms with van der Waals surface area (Å²) in [5.74, 6) is 1.48. The van der Waals surface area contributed by atoms with Crippen molar-refractivity contribution in [1.29, 1.82) is 0 Å². The molecule has 1 aliphatic heterocycles. The van der Waals surface area contributed by atoms with E-state index in [4.69, 9.17) is 33.2 Å². The number of piperazine rings is 1. The van der Waals surface area contributed by atoms with Gasteiger partial charge in [0.25, 0.3) is 0 Å². The van der Waals surface area contributed by atoms with Gasteiger partial charge in [0.2, 0.25) is 0 Å². The molecule has 0 spiro atoms. The molecule has 1 aromatic heterocycles. The molecule has 0 aliphatic carbocycles. The second-order valence-corrected chi connectivity index (χ2v) is 7.31. The van der Waals surface area contributed by atoms with Gasteiger partial charge in [-0.25, -0.2) is 9.97 Å². The lowest BCUT2D eigenvalue weighted by atomic mass is 10.1. The fourth-order valence-corrected chi connectivity index (χ4v) is 3.83. The van der Waals surface area contributed by atoms with Crippen molar-refractivity contribution in [1.82, 2.24) is 14.9 Å². The third-order valence-electron chi connectivity index (χ3n) is 4.76. The van der Waals surface area contributed by atoms with Crippen LogP contribution in [0.2, 0.25) is 10.0 Å². The second-order valence-electron chi connectivity index (χ2n) is 6.47. The number of aldehydes is 1. The van der Waals surface area contributed by atoms with Crippen molar-refractivity contribution in [2.24, 2.45) is 0 Å². The average molecular weight is 401 g/mol. The fraction of sp³-hybridized carbons (Fsp3) is 0.250. The summed E-state index contributed by atoms with van der Waals surface area (Å²) in [6.45, 7) is 3.75. The summed E-state index contributed by atoms with van der Waals surface area (Å²) in [5, 5.41) is 2.12. The molecule has 1 aliphatic rings. The Morgan fingerprint density at radius 2 is 1.78 bits per heavy atom. The lowest BCUT2D eigenvalue weighted by Crippen LogP contribution is -2.47. The molecule has 5 nitrogen and oxygen atoms in total. The first kappa shape index (κ1) is 18.2. The Morgan fingerprint density at radius 3 is 2.52 bits per heavy atom. The summed E-state index contributed by atoms with van der Waals surface area (Å²) in [6, 6.07) is 13.3. The highest BCUT2D eigenvalue weighted by Gasteiger charge is 2.21. The molecule has 0 atom stereocenters. The first-order valence-corrected chi connectivity index (χ1v) is 9.54. The van der Waals surface area contributed by atoms with Crippen LogP contribution in [0.3, 0.4) is 0 Å². The third kappa shape index (κ3) is 3.76. The number of halogens is 2. The molecule has 1 saturated heterocycles. The topological polar surface area (TPSA) is 49.3 Å². The number of fused-ring (bicyclic) bond motifs is 1. The van der Waals surface area contributed by atoms with Gasteiger partial charge < -0.3 is 9.69 Å². The maximum Gasteiger partial charge on any atom is 0.163 e. The van der Waals surface area contributed by atoms with Crippen LogP contribution < -0.4 is 4.90 Å². The van der Waals surface area contributed by atoms with Gasteiger partial charge in [-0.15, -0.1) is 0 Å². The van der Waals surface area contributed by atoms with E-state index in [1.165, 1.54) is 0 Å². The van der Waals surface area contributed by atoms with Crippen molar-refractivity contribution >= 4 is 46.2 Å². The Hall–Kier alpha value is -2.21. The highest BCUT2D eigenvalue weighted by atomic mass is 35.5. The monoisotopic (exact) mass is 400 g/mol. The minimum atomic E-state index is 0.476. The Kier molecular flexibility index (Phi) is 5.25.